The molecular weight excluding hydrogens is 312 g/mol. The quantitative estimate of drug-likeness (QED) is 0.805. The van der Waals surface area contributed by atoms with Crippen LogP contribution in [0.4, 0.5) is 5.13 Å². The topological polar surface area (TPSA) is 105 Å². The first-order valence-corrected chi connectivity index (χ1v) is 8.17. The largest absolute Gasteiger partial charge is 0.395 e. The van der Waals surface area contributed by atoms with E-state index in [-0.39, 0.29) is 16.6 Å². The summed E-state index contributed by atoms with van der Waals surface area (Å²) in [4.78, 5) is 0.114. The molecule has 0 aliphatic heterocycles. The molecule has 0 unspecified atom stereocenters. The van der Waals surface area contributed by atoms with Crippen LogP contribution in [-0.2, 0) is 10.0 Å². The maximum atomic E-state index is 12.2. The maximum absolute atomic E-state index is 12.2. The summed E-state index contributed by atoms with van der Waals surface area (Å²) in [7, 11) is -3.72. The number of hydrogen-bond acceptors (Lipinski definition) is 7. The van der Waals surface area contributed by atoms with Crippen molar-refractivity contribution in [1.82, 2.24) is 14.8 Å². The molecule has 0 bridgehead atoms. The van der Waals surface area contributed by atoms with E-state index in [9.17, 15) is 8.42 Å². The Morgan fingerprint density at radius 3 is 2.86 bits per heavy atom. The van der Waals surface area contributed by atoms with Gasteiger partial charge < -0.3 is 5.11 Å². The van der Waals surface area contributed by atoms with E-state index in [2.05, 4.69) is 31.4 Å². The third kappa shape index (κ3) is 3.98. The minimum Gasteiger partial charge on any atom is -0.395 e. The molecule has 0 atom stereocenters. The molecule has 0 saturated heterocycles. The fourth-order valence-electron chi connectivity index (χ4n) is 1.50. The van der Waals surface area contributed by atoms with Gasteiger partial charge in [-0.1, -0.05) is 21.4 Å². The zero-order chi connectivity index (χ0) is 15.3. The average Bonchev–Trinajstić information content (AvgIpc) is 2.93. The highest BCUT2D eigenvalue weighted by Gasteiger charge is 2.16. The van der Waals surface area contributed by atoms with Crippen LogP contribution in [0.2, 0.25) is 0 Å². The molecule has 1 aromatic heterocycles. The average molecular weight is 324 g/mol. The van der Waals surface area contributed by atoms with Crippen molar-refractivity contribution in [3.05, 3.63) is 29.3 Å². The van der Waals surface area contributed by atoms with Crippen molar-refractivity contribution in [2.24, 2.45) is 0 Å². The molecule has 0 aliphatic carbocycles. The zero-order valence-corrected chi connectivity index (χ0v) is 12.7. The van der Waals surface area contributed by atoms with Crippen molar-refractivity contribution in [3.8, 4) is 11.8 Å². The van der Waals surface area contributed by atoms with Gasteiger partial charge in [0.2, 0.25) is 5.13 Å². The normalized spacial score (nSPS) is 10.8. The second kappa shape index (κ2) is 6.62. The van der Waals surface area contributed by atoms with Crippen LogP contribution in [0.5, 0.6) is 0 Å². The molecule has 0 fully saturated rings. The fraction of sp³-hybridized carbons (Fsp3) is 0.250. The lowest BCUT2D eigenvalue weighted by Crippen LogP contribution is -2.13. The first kappa shape index (κ1) is 15.4. The molecule has 9 heteroatoms. The number of aryl methyl sites for hydroxylation is 1. The second-order valence-electron chi connectivity index (χ2n) is 4.03. The molecular formula is C12H12N4O3S2. The first-order chi connectivity index (χ1) is 10.0. The molecule has 2 rings (SSSR count). The lowest BCUT2D eigenvalue weighted by molar-refractivity contribution is 0.305. The van der Waals surface area contributed by atoms with E-state index in [1.54, 1.807) is 13.0 Å². The Morgan fingerprint density at radius 1 is 1.43 bits per heavy atom. The Hall–Kier alpha value is -2.02. The van der Waals surface area contributed by atoms with Gasteiger partial charge in [0.05, 0.1) is 11.5 Å². The van der Waals surface area contributed by atoms with Crippen LogP contribution in [0.3, 0.4) is 0 Å². The van der Waals surface area contributed by atoms with Gasteiger partial charge in [0.15, 0.2) is 0 Å². The number of anilines is 1. The van der Waals surface area contributed by atoms with Gasteiger partial charge in [0.25, 0.3) is 10.0 Å². The number of aromatic nitrogens is 3. The molecule has 2 aromatic rings. The highest BCUT2D eigenvalue weighted by molar-refractivity contribution is 7.93. The third-order valence-electron chi connectivity index (χ3n) is 2.49. The van der Waals surface area contributed by atoms with Gasteiger partial charge in [-0.2, -0.15) is 0 Å². The predicted octanol–water partition coefficient (Wildman–Crippen LogP) is 0.776. The highest BCUT2D eigenvalue weighted by atomic mass is 32.2. The van der Waals surface area contributed by atoms with E-state index in [1.165, 1.54) is 12.1 Å². The smallest absolute Gasteiger partial charge is 0.263 e. The Bertz CT molecular complexity index is 777. The maximum Gasteiger partial charge on any atom is 0.263 e. The van der Waals surface area contributed by atoms with Gasteiger partial charge in [0.1, 0.15) is 0 Å². The zero-order valence-electron chi connectivity index (χ0n) is 11.1. The molecule has 0 radical (unpaired) electrons. The number of nitrogens with zero attached hydrogens (tertiary/aromatic N) is 3. The minimum atomic E-state index is -3.72. The summed E-state index contributed by atoms with van der Waals surface area (Å²) >= 11 is 0.857. The van der Waals surface area contributed by atoms with Crippen LogP contribution < -0.4 is 4.72 Å². The summed E-state index contributed by atoms with van der Waals surface area (Å²) in [6, 6.07) is 4.62. The monoisotopic (exact) mass is 324 g/mol. The van der Waals surface area contributed by atoms with E-state index in [4.69, 9.17) is 5.11 Å². The standard InChI is InChI=1S/C12H12N4O3S2/c1-9-8-11(6-5-10(9)4-2-3-7-17)21(18,19)14-12-13-15-16-20-12/h5-6,8,17H,3,7H2,1H3,(H,13,14,16). The number of rotatable bonds is 4. The van der Waals surface area contributed by atoms with E-state index >= 15 is 0 Å². The summed E-state index contributed by atoms with van der Waals surface area (Å²) < 4.78 is 30.1. The SMILES string of the molecule is Cc1cc(S(=O)(=O)Nc2nnns2)ccc1C#CCCO. The van der Waals surface area contributed by atoms with Gasteiger partial charge in [-0.05, 0) is 35.9 Å². The van der Waals surface area contributed by atoms with E-state index in [0.29, 0.717) is 6.42 Å². The number of aliphatic hydroxyl groups is 1. The van der Waals surface area contributed by atoms with Crippen molar-refractivity contribution in [3.63, 3.8) is 0 Å². The van der Waals surface area contributed by atoms with Crippen LogP contribution in [0, 0.1) is 18.8 Å². The van der Waals surface area contributed by atoms with Crippen LogP contribution in [-0.4, -0.2) is 34.9 Å². The number of sulfonamides is 1. The van der Waals surface area contributed by atoms with Crippen molar-refractivity contribution in [2.75, 3.05) is 11.3 Å². The molecule has 0 spiro atoms. The Balaban J connectivity index is 2.25. The molecule has 2 N–H and O–H groups in total. The summed E-state index contributed by atoms with van der Waals surface area (Å²) in [5, 5.41) is 15.7. The minimum absolute atomic E-state index is 0.00167. The Morgan fingerprint density at radius 2 is 2.24 bits per heavy atom. The molecule has 1 aromatic carbocycles. The highest BCUT2D eigenvalue weighted by Crippen LogP contribution is 2.18. The van der Waals surface area contributed by atoms with Crippen molar-refractivity contribution in [2.45, 2.75) is 18.2 Å². The first-order valence-electron chi connectivity index (χ1n) is 5.91. The van der Waals surface area contributed by atoms with Gasteiger partial charge >= 0.3 is 0 Å². The van der Waals surface area contributed by atoms with Crippen LogP contribution in [0.15, 0.2) is 23.1 Å². The molecule has 0 saturated carbocycles. The van der Waals surface area contributed by atoms with Crippen LogP contribution in [0.25, 0.3) is 0 Å². The van der Waals surface area contributed by atoms with Gasteiger partial charge in [-0.3, -0.25) is 4.72 Å². The lowest BCUT2D eigenvalue weighted by atomic mass is 10.1. The number of aliphatic hydroxyl groups excluding tert-OH is 1. The van der Waals surface area contributed by atoms with E-state index in [0.717, 1.165) is 22.7 Å². The summed E-state index contributed by atoms with van der Waals surface area (Å²) in [6.07, 6.45) is 0.380. The molecule has 7 nitrogen and oxygen atoms in total. The van der Waals surface area contributed by atoms with Crippen molar-refractivity contribution < 1.29 is 13.5 Å². The summed E-state index contributed by atoms with van der Waals surface area (Å²) in [6.45, 7) is 1.77. The number of hydrogen-bond donors (Lipinski definition) is 2. The molecule has 1 heterocycles. The van der Waals surface area contributed by atoms with Gasteiger partial charge in [-0.15, -0.1) is 0 Å². The second-order valence-corrected chi connectivity index (χ2v) is 6.44. The Labute approximate surface area is 126 Å². The van der Waals surface area contributed by atoms with E-state index < -0.39 is 10.0 Å². The number of nitrogens with one attached hydrogen (secondary N) is 1. The number of benzene rings is 1. The molecule has 0 aliphatic rings. The predicted molar refractivity (Wildman–Crippen MR) is 78.3 cm³/mol. The molecule has 0 amide bonds. The Kier molecular flexibility index (Phi) is 4.85. The summed E-state index contributed by atoms with van der Waals surface area (Å²) in [5.74, 6) is 5.68. The van der Waals surface area contributed by atoms with Crippen LogP contribution >= 0.6 is 11.5 Å². The fourth-order valence-corrected chi connectivity index (χ4v) is 3.17. The van der Waals surface area contributed by atoms with Crippen LogP contribution in [0.1, 0.15) is 17.5 Å². The van der Waals surface area contributed by atoms with Crippen molar-refractivity contribution >= 4 is 26.7 Å². The summed E-state index contributed by atoms with van der Waals surface area (Å²) in [5.41, 5.74) is 1.46. The van der Waals surface area contributed by atoms with Crippen molar-refractivity contribution in [1.29, 1.82) is 0 Å². The molecule has 21 heavy (non-hydrogen) atoms. The lowest BCUT2D eigenvalue weighted by Gasteiger charge is -2.06. The molecule has 110 valence electrons. The van der Waals surface area contributed by atoms with Gasteiger partial charge in [-0.25, -0.2) is 8.42 Å². The third-order valence-corrected chi connectivity index (χ3v) is 4.47. The van der Waals surface area contributed by atoms with E-state index in [1.807, 2.05) is 0 Å². The van der Waals surface area contributed by atoms with Gasteiger partial charge in [0, 0.05) is 23.5 Å².